The van der Waals surface area contributed by atoms with Gasteiger partial charge in [0, 0.05) is 10.3 Å². The molecular weight excluding hydrogens is 342 g/mol. The Hall–Kier alpha value is -1.31. The minimum atomic E-state index is -0.663. The number of carbonyl (C=O) groups is 1. The maximum absolute atomic E-state index is 12.1. The van der Waals surface area contributed by atoms with Gasteiger partial charge in [-0.05, 0) is 25.1 Å². The number of nitrogens with one attached hydrogen (secondary N) is 1. The molecule has 2 aromatic rings. The number of thioether (sulfide) groups is 1. The van der Waals surface area contributed by atoms with Gasteiger partial charge in [-0.25, -0.2) is 0 Å². The van der Waals surface area contributed by atoms with Gasteiger partial charge in [0.1, 0.15) is 5.75 Å². The summed E-state index contributed by atoms with van der Waals surface area (Å²) in [7, 11) is 0. The first kappa shape index (κ1) is 17.1. The van der Waals surface area contributed by atoms with Crippen LogP contribution in [0, 0.1) is 0 Å². The second-order valence-electron chi connectivity index (χ2n) is 4.75. The molecule has 0 saturated carbocycles. The summed E-state index contributed by atoms with van der Waals surface area (Å²) in [5.41, 5.74) is 0. The van der Waals surface area contributed by atoms with Crippen LogP contribution < -0.4 is 10.1 Å². The van der Waals surface area contributed by atoms with E-state index in [1.807, 2.05) is 0 Å². The predicted molar refractivity (Wildman–Crippen MR) is 91.1 cm³/mol. The third-order valence-corrected chi connectivity index (χ3v) is 4.61. The second kappa shape index (κ2) is 7.80. The van der Waals surface area contributed by atoms with Crippen LogP contribution in [0.4, 0.5) is 5.13 Å². The SMILES string of the molecule is CC(C)Sc1nnc(NC(=O)[C@@H](C)Oc2cccc(Cl)c2)s1. The van der Waals surface area contributed by atoms with Gasteiger partial charge in [0.15, 0.2) is 10.4 Å². The number of ether oxygens (including phenoxy) is 1. The zero-order valence-corrected chi connectivity index (χ0v) is 14.8. The lowest BCUT2D eigenvalue weighted by Crippen LogP contribution is -2.30. The molecule has 0 aliphatic heterocycles. The Bertz CT molecular complexity index is 649. The van der Waals surface area contributed by atoms with Gasteiger partial charge in [0.2, 0.25) is 5.13 Å². The lowest BCUT2D eigenvalue weighted by atomic mass is 10.3. The maximum atomic E-state index is 12.1. The van der Waals surface area contributed by atoms with Crippen molar-refractivity contribution in [2.24, 2.45) is 0 Å². The monoisotopic (exact) mass is 357 g/mol. The molecule has 1 amide bonds. The summed E-state index contributed by atoms with van der Waals surface area (Å²) in [6, 6.07) is 6.92. The van der Waals surface area contributed by atoms with E-state index in [1.54, 1.807) is 43.0 Å². The third kappa shape index (κ3) is 5.15. The number of carbonyl (C=O) groups excluding carboxylic acids is 1. The van der Waals surface area contributed by atoms with Crippen LogP contribution in [0.2, 0.25) is 5.02 Å². The van der Waals surface area contributed by atoms with E-state index in [-0.39, 0.29) is 5.91 Å². The summed E-state index contributed by atoms with van der Waals surface area (Å²) in [5.74, 6) is 0.265. The summed E-state index contributed by atoms with van der Waals surface area (Å²) < 4.78 is 6.38. The average Bonchev–Trinajstić information content (AvgIpc) is 2.85. The van der Waals surface area contributed by atoms with Crippen LogP contribution in [0.1, 0.15) is 20.8 Å². The van der Waals surface area contributed by atoms with Crippen LogP contribution in [0.5, 0.6) is 5.75 Å². The molecule has 2 rings (SSSR count). The van der Waals surface area contributed by atoms with E-state index < -0.39 is 6.10 Å². The molecule has 1 heterocycles. The number of rotatable bonds is 6. The fraction of sp³-hybridized carbons (Fsp3) is 0.357. The molecule has 0 saturated heterocycles. The summed E-state index contributed by atoms with van der Waals surface area (Å²) in [5, 5.41) is 12.1. The first-order chi connectivity index (χ1) is 10.4. The van der Waals surface area contributed by atoms with Crippen LogP contribution in [-0.4, -0.2) is 27.5 Å². The highest BCUT2D eigenvalue weighted by molar-refractivity contribution is 8.01. The van der Waals surface area contributed by atoms with E-state index in [2.05, 4.69) is 29.4 Å². The maximum Gasteiger partial charge on any atom is 0.266 e. The van der Waals surface area contributed by atoms with Crippen molar-refractivity contribution < 1.29 is 9.53 Å². The van der Waals surface area contributed by atoms with Gasteiger partial charge in [0.25, 0.3) is 5.91 Å². The molecule has 5 nitrogen and oxygen atoms in total. The van der Waals surface area contributed by atoms with Gasteiger partial charge in [0.05, 0.1) is 0 Å². The highest BCUT2D eigenvalue weighted by atomic mass is 35.5. The van der Waals surface area contributed by atoms with Crippen molar-refractivity contribution in [3.05, 3.63) is 29.3 Å². The summed E-state index contributed by atoms with van der Waals surface area (Å²) in [6.07, 6.45) is -0.663. The quantitative estimate of drug-likeness (QED) is 0.623. The Morgan fingerprint density at radius 2 is 2.14 bits per heavy atom. The second-order valence-corrected chi connectivity index (χ2v) is 7.98. The van der Waals surface area contributed by atoms with Crippen LogP contribution >= 0.6 is 34.7 Å². The fourth-order valence-electron chi connectivity index (χ4n) is 1.51. The van der Waals surface area contributed by atoms with Gasteiger partial charge in [-0.1, -0.05) is 54.6 Å². The number of hydrogen-bond acceptors (Lipinski definition) is 6. The first-order valence-electron chi connectivity index (χ1n) is 6.67. The number of nitrogens with zero attached hydrogens (tertiary/aromatic N) is 2. The summed E-state index contributed by atoms with van der Waals surface area (Å²) in [4.78, 5) is 12.1. The lowest BCUT2D eigenvalue weighted by molar-refractivity contribution is -0.122. The standard InChI is InChI=1S/C14H16ClN3O2S2/c1-8(2)21-14-18-17-13(22-14)16-12(19)9(3)20-11-6-4-5-10(15)7-11/h4-9H,1-3H3,(H,16,17,19)/t9-/m1/s1. The Kier molecular flexibility index (Phi) is 6.05. The molecular formula is C14H16ClN3O2S2. The van der Waals surface area contributed by atoms with Gasteiger partial charge < -0.3 is 4.74 Å². The van der Waals surface area contributed by atoms with E-state index in [4.69, 9.17) is 16.3 Å². The molecule has 1 aromatic heterocycles. The molecule has 0 fully saturated rings. The Balaban J connectivity index is 1.92. The minimum Gasteiger partial charge on any atom is -0.481 e. The smallest absolute Gasteiger partial charge is 0.266 e. The molecule has 0 unspecified atom stereocenters. The van der Waals surface area contributed by atoms with Crippen molar-refractivity contribution in [2.45, 2.75) is 36.5 Å². The highest BCUT2D eigenvalue weighted by Crippen LogP contribution is 2.28. The largest absolute Gasteiger partial charge is 0.481 e. The Morgan fingerprint density at radius 3 is 2.82 bits per heavy atom. The zero-order chi connectivity index (χ0) is 16.1. The predicted octanol–water partition coefficient (Wildman–Crippen LogP) is 4.10. The van der Waals surface area contributed by atoms with Crippen molar-refractivity contribution in [3.63, 3.8) is 0 Å². The van der Waals surface area contributed by atoms with Crippen molar-refractivity contribution in [1.29, 1.82) is 0 Å². The topological polar surface area (TPSA) is 64.1 Å². The molecule has 0 spiro atoms. The fourth-order valence-corrected chi connectivity index (χ4v) is 3.67. The molecule has 22 heavy (non-hydrogen) atoms. The summed E-state index contributed by atoms with van der Waals surface area (Å²) in [6.45, 7) is 5.82. The van der Waals surface area contributed by atoms with Crippen molar-refractivity contribution in [1.82, 2.24) is 10.2 Å². The number of aromatic nitrogens is 2. The van der Waals surface area contributed by atoms with E-state index in [0.717, 1.165) is 4.34 Å². The Labute approximate surface area is 142 Å². The van der Waals surface area contributed by atoms with Crippen LogP contribution in [0.3, 0.4) is 0 Å². The van der Waals surface area contributed by atoms with Gasteiger partial charge in [-0.15, -0.1) is 10.2 Å². The van der Waals surface area contributed by atoms with Crippen molar-refractivity contribution in [2.75, 3.05) is 5.32 Å². The number of halogens is 1. The van der Waals surface area contributed by atoms with E-state index >= 15 is 0 Å². The molecule has 1 aromatic carbocycles. The van der Waals surface area contributed by atoms with Crippen molar-refractivity contribution >= 4 is 45.7 Å². The summed E-state index contributed by atoms with van der Waals surface area (Å²) >= 11 is 8.84. The molecule has 0 aliphatic rings. The normalized spacial score (nSPS) is 12.2. The third-order valence-electron chi connectivity index (χ3n) is 2.45. The molecule has 1 atom stereocenters. The minimum absolute atomic E-state index is 0.280. The molecule has 118 valence electrons. The zero-order valence-electron chi connectivity index (χ0n) is 12.4. The van der Waals surface area contributed by atoms with Crippen molar-refractivity contribution in [3.8, 4) is 5.75 Å². The molecule has 1 N–H and O–H groups in total. The molecule has 0 bridgehead atoms. The highest BCUT2D eigenvalue weighted by Gasteiger charge is 2.17. The number of hydrogen-bond donors (Lipinski definition) is 1. The van der Waals surface area contributed by atoms with Crippen LogP contribution in [0.25, 0.3) is 0 Å². The van der Waals surface area contributed by atoms with Gasteiger partial charge in [-0.3, -0.25) is 10.1 Å². The average molecular weight is 358 g/mol. The molecule has 0 radical (unpaired) electrons. The van der Waals surface area contributed by atoms with Gasteiger partial charge >= 0.3 is 0 Å². The Morgan fingerprint density at radius 1 is 1.36 bits per heavy atom. The number of benzene rings is 1. The van der Waals surface area contributed by atoms with Crippen LogP contribution in [-0.2, 0) is 4.79 Å². The van der Waals surface area contributed by atoms with Crippen LogP contribution in [0.15, 0.2) is 28.6 Å². The van der Waals surface area contributed by atoms with E-state index in [1.165, 1.54) is 11.3 Å². The number of amides is 1. The first-order valence-corrected chi connectivity index (χ1v) is 8.74. The number of anilines is 1. The molecule has 8 heteroatoms. The van der Waals surface area contributed by atoms with E-state index in [0.29, 0.717) is 21.2 Å². The lowest BCUT2D eigenvalue weighted by Gasteiger charge is -2.13. The van der Waals surface area contributed by atoms with E-state index in [9.17, 15) is 4.79 Å². The molecule has 0 aliphatic carbocycles. The van der Waals surface area contributed by atoms with Gasteiger partial charge in [-0.2, -0.15) is 0 Å².